The molecule has 8 heteroatoms. The molecule has 1 unspecified atom stereocenters. The molecule has 0 radical (unpaired) electrons. The van der Waals surface area contributed by atoms with Crippen LogP contribution in [0.3, 0.4) is 0 Å². The maximum atomic E-state index is 13.6. The smallest absolute Gasteiger partial charge is 0.337 e. The number of para-hydroxylation sites is 1. The monoisotopic (exact) mass is 297 g/mol. The average Bonchev–Trinajstić information content (AvgIpc) is 2.40. The molecule has 21 heavy (non-hydrogen) atoms. The third-order valence-electron chi connectivity index (χ3n) is 2.57. The Morgan fingerprint density at radius 3 is 2.57 bits per heavy atom. The van der Waals surface area contributed by atoms with E-state index in [0.29, 0.717) is 6.54 Å². The zero-order chi connectivity index (χ0) is 16.0. The number of urea groups is 1. The predicted molar refractivity (Wildman–Crippen MR) is 73.7 cm³/mol. The molecular weight excluding hydrogens is 281 g/mol. The molecular formula is C13H16FN3O4. The van der Waals surface area contributed by atoms with Gasteiger partial charge >= 0.3 is 12.0 Å². The summed E-state index contributed by atoms with van der Waals surface area (Å²) in [7, 11) is 0. The van der Waals surface area contributed by atoms with Crippen molar-refractivity contribution in [1.29, 1.82) is 0 Å². The van der Waals surface area contributed by atoms with Gasteiger partial charge in [-0.1, -0.05) is 6.07 Å². The molecule has 0 heterocycles. The lowest BCUT2D eigenvalue weighted by molar-refractivity contribution is -0.122. The fraction of sp³-hybridized carbons (Fsp3) is 0.308. The van der Waals surface area contributed by atoms with Crippen LogP contribution in [0.2, 0.25) is 0 Å². The zero-order valence-electron chi connectivity index (χ0n) is 11.6. The average molecular weight is 297 g/mol. The van der Waals surface area contributed by atoms with Crippen LogP contribution in [0.15, 0.2) is 18.2 Å². The number of rotatable bonds is 5. The van der Waals surface area contributed by atoms with Gasteiger partial charge < -0.3 is 21.1 Å². The van der Waals surface area contributed by atoms with Crippen molar-refractivity contribution >= 4 is 23.6 Å². The highest BCUT2D eigenvalue weighted by Gasteiger charge is 2.19. The van der Waals surface area contributed by atoms with Gasteiger partial charge in [0.05, 0.1) is 11.3 Å². The Balaban J connectivity index is 2.80. The van der Waals surface area contributed by atoms with Gasteiger partial charge in [-0.3, -0.25) is 4.79 Å². The lowest BCUT2D eigenvalue weighted by atomic mass is 10.1. The first kappa shape index (κ1) is 16.4. The number of anilines is 1. The summed E-state index contributed by atoms with van der Waals surface area (Å²) >= 11 is 0. The maximum absolute atomic E-state index is 13.6. The fourth-order valence-electron chi connectivity index (χ4n) is 1.57. The lowest BCUT2D eigenvalue weighted by Gasteiger charge is -2.15. The fourth-order valence-corrected chi connectivity index (χ4v) is 1.57. The zero-order valence-corrected chi connectivity index (χ0v) is 11.6. The van der Waals surface area contributed by atoms with Crippen molar-refractivity contribution in [3.05, 3.63) is 29.6 Å². The van der Waals surface area contributed by atoms with E-state index in [2.05, 4.69) is 16.0 Å². The number of benzene rings is 1. The second-order valence-electron chi connectivity index (χ2n) is 4.18. The highest BCUT2D eigenvalue weighted by atomic mass is 19.1. The number of hydrogen-bond acceptors (Lipinski definition) is 3. The molecule has 1 atom stereocenters. The van der Waals surface area contributed by atoms with Crippen LogP contribution in [-0.2, 0) is 4.79 Å². The van der Waals surface area contributed by atoms with Crippen molar-refractivity contribution in [1.82, 2.24) is 10.6 Å². The summed E-state index contributed by atoms with van der Waals surface area (Å²) in [6.07, 6.45) is 0. The molecule has 0 aromatic heterocycles. The molecule has 0 fully saturated rings. The van der Waals surface area contributed by atoms with Gasteiger partial charge in [0.25, 0.3) is 0 Å². The van der Waals surface area contributed by atoms with E-state index >= 15 is 0 Å². The number of carboxylic acids is 1. The first-order valence-electron chi connectivity index (χ1n) is 6.23. The van der Waals surface area contributed by atoms with Crippen molar-refractivity contribution in [2.75, 3.05) is 11.9 Å². The Kier molecular flexibility index (Phi) is 5.65. The highest BCUT2D eigenvalue weighted by molar-refractivity contribution is 6.01. The summed E-state index contributed by atoms with van der Waals surface area (Å²) in [6, 6.07) is 1.69. The number of amides is 3. The van der Waals surface area contributed by atoms with Gasteiger partial charge in [0.1, 0.15) is 11.9 Å². The van der Waals surface area contributed by atoms with Gasteiger partial charge in [-0.05, 0) is 26.0 Å². The Labute approximate surface area is 120 Å². The third kappa shape index (κ3) is 4.44. The van der Waals surface area contributed by atoms with E-state index < -0.39 is 35.5 Å². The summed E-state index contributed by atoms with van der Waals surface area (Å²) in [6.45, 7) is 3.58. The van der Waals surface area contributed by atoms with Crippen LogP contribution in [-0.4, -0.2) is 35.6 Å². The molecule has 4 N–H and O–H groups in total. The predicted octanol–water partition coefficient (Wildman–Crippen LogP) is 1.17. The standard InChI is InChI=1S/C13H16FN3O4/c1-3-15-11(18)7(2)16-13(21)17-10-8(12(19)20)5-4-6-9(10)14/h4-7H,3H2,1-2H3,(H,15,18)(H,19,20)(H2,16,17,21). The molecule has 0 aliphatic heterocycles. The van der Waals surface area contributed by atoms with Gasteiger partial charge in [-0.2, -0.15) is 0 Å². The summed E-state index contributed by atoms with van der Waals surface area (Å²) in [5.74, 6) is -2.66. The number of carbonyl (C=O) groups excluding carboxylic acids is 2. The van der Waals surface area contributed by atoms with E-state index in [4.69, 9.17) is 5.11 Å². The number of carbonyl (C=O) groups is 3. The van der Waals surface area contributed by atoms with Crippen molar-refractivity contribution in [2.45, 2.75) is 19.9 Å². The number of halogens is 1. The lowest BCUT2D eigenvalue weighted by Crippen LogP contribution is -2.46. The Morgan fingerprint density at radius 1 is 1.33 bits per heavy atom. The minimum atomic E-state index is -1.37. The molecule has 1 aromatic carbocycles. The first-order chi connectivity index (χ1) is 9.86. The van der Waals surface area contributed by atoms with E-state index in [1.165, 1.54) is 13.0 Å². The van der Waals surface area contributed by atoms with Crippen LogP contribution in [0.4, 0.5) is 14.9 Å². The van der Waals surface area contributed by atoms with Crippen LogP contribution in [0, 0.1) is 5.82 Å². The quantitative estimate of drug-likeness (QED) is 0.654. The number of nitrogens with one attached hydrogen (secondary N) is 3. The molecule has 0 aliphatic rings. The molecule has 0 spiro atoms. The summed E-state index contributed by atoms with van der Waals surface area (Å²) in [5, 5.41) is 15.8. The van der Waals surface area contributed by atoms with Gasteiger partial charge in [-0.15, -0.1) is 0 Å². The van der Waals surface area contributed by atoms with E-state index in [1.54, 1.807) is 6.92 Å². The minimum absolute atomic E-state index is 0.379. The molecule has 0 bridgehead atoms. The van der Waals surface area contributed by atoms with Crippen molar-refractivity contribution in [2.24, 2.45) is 0 Å². The number of carboxylic acid groups (broad SMARTS) is 1. The summed E-state index contributed by atoms with van der Waals surface area (Å²) in [4.78, 5) is 34.1. The van der Waals surface area contributed by atoms with E-state index in [1.807, 2.05) is 0 Å². The number of aromatic carboxylic acids is 1. The second-order valence-corrected chi connectivity index (χ2v) is 4.18. The second kappa shape index (κ2) is 7.22. The molecule has 114 valence electrons. The Bertz CT molecular complexity index is 562. The van der Waals surface area contributed by atoms with Crippen LogP contribution in [0.1, 0.15) is 24.2 Å². The van der Waals surface area contributed by atoms with Crippen LogP contribution in [0.25, 0.3) is 0 Å². The number of likely N-dealkylation sites (N-methyl/N-ethyl adjacent to an activating group) is 1. The van der Waals surface area contributed by atoms with Gasteiger partial charge in [-0.25, -0.2) is 14.0 Å². The van der Waals surface area contributed by atoms with Crippen molar-refractivity contribution in [3.8, 4) is 0 Å². The minimum Gasteiger partial charge on any atom is -0.478 e. The van der Waals surface area contributed by atoms with E-state index in [0.717, 1.165) is 12.1 Å². The van der Waals surface area contributed by atoms with Crippen LogP contribution in [0.5, 0.6) is 0 Å². The highest BCUT2D eigenvalue weighted by Crippen LogP contribution is 2.19. The molecule has 0 aliphatic carbocycles. The molecule has 3 amide bonds. The van der Waals surface area contributed by atoms with Gasteiger partial charge in [0.2, 0.25) is 5.91 Å². The Hall–Kier alpha value is -2.64. The molecule has 1 aromatic rings. The Morgan fingerprint density at radius 2 is 2.00 bits per heavy atom. The molecule has 0 saturated carbocycles. The maximum Gasteiger partial charge on any atom is 0.337 e. The third-order valence-corrected chi connectivity index (χ3v) is 2.57. The van der Waals surface area contributed by atoms with Crippen molar-refractivity contribution < 1.29 is 23.9 Å². The SMILES string of the molecule is CCNC(=O)C(C)NC(=O)Nc1c(F)cccc1C(=O)O. The molecule has 1 rings (SSSR count). The summed E-state index contributed by atoms with van der Waals surface area (Å²) < 4.78 is 13.6. The number of hydrogen-bond donors (Lipinski definition) is 4. The van der Waals surface area contributed by atoms with Gasteiger partial charge in [0.15, 0.2) is 0 Å². The van der Waals surface area contributed by atoms with Crippen LogP contribution < -0.4 is 16.0 Å². The van der Waals surface area contributed by atoms with Gasteiger partial charge in [0, 0.05) is 6.54 Å². The molecule has 7 nitrogen and oxygen atoms in total. The van der Waals surface area contributed by atoms with Crippen molar-refractivity contribution in [3.63, 3.8) is 0 Å². The molecule has 0 saturated heterocycles. The summed E-state index contributed by atoms with van der Waals surface area (Å²) in [5.41, 5.74) is -0.832. The largest absolute Gasteiger partial charge is 0.478 e. The normalized spacial score (nSPS) is 11.4. The van der Waals surface area contributed by atoms with E-state index in [9.17, 15) is 18.8 Å². The van der Waals surface area contributed by atoms with E-state index in [-0.39, 0.29) is 5.56 Å². The van der Waals surface area contributed by atoms with Crippen LogP contribution >= 0.6 is 0 Å². The topological polar surface area (TPSA) is 108 Å². The first-order valence-corrected chi connectivity index (χ1v) is 6.23.